The third-order valence-electron chi connectivity index (χ3n) is 5.21. The summed E-state index contributed by atoms with van der Waals surface area (Å²) in [5.74, 6) is 0.184. The molecule has 0 atom stereocenters. The Labute approximate surface area is 185 Å². The number of benzene rings is 2. The predicted molar refractivity (Wildman–Crippen MR) is 117 cm³/mol. The van der Waals surface area contributed by atoms with Crippen molar-refractivity contribution in [3.05, 3.63) is 84.1 Å². The van der Waals surface area contributed by atoms with Crippen LogP contribution in [0.2, 0.25) is 0 Å². The van der Waals surface area contributed by atoms with Crippen LogP contribution in [0.5, 0.6) is 5.75 Å². The molecule has 7 nitrogen and oxygen atoms in total. The van der Waals surface area contributed by atoms with E-state index in [4.69, 9.17) is 9.15 Å². The van der Waals surface area contributed by atoms with Gasteiger partial charge >= 0.3 is 0 Å². The molecule has 3 aromatic rings. The number of carbonyl (C=O) groups excluding carboxylic acids is 2. The largest absolute Gasteiger partial charge is 0.489 e. The minimum absolute atomic E-state index is 0.176. The Kier molecular flexibility index (Phi) is 6.81. The summed E-state index contributed by atoms with van der Waals surface area (Å²) in [6.45, 7) is 2.48. The standard InChI is InChI=1S/C24H24FN3O4/c25-19-5-4-6-20(15-19)26-22(29)16-27-10-12-28(13-11-27)24(30)23-18(9-14-31-23)17-32-21-7-2-1-3-8-21/h1-9,14-15H,10-13,16-17H2,(H,26,29). The first-order valence-electron chi connectivity index (χ1n) is 10.4. The molecule has 8 heteroatoms. The first-order valence-corrected chi connectivity index (χ1v) is 10.4. The second-order valence-electron chi connectivity index (χ2n) is 7.50. The zero-order valence-corrected chi connectivity index (χ0v) is 17.5. The molecule has 0 unspecified atom stereocenters. The van der Waals surface area contributed by atoms with Gasteiger partial charge in [-0.15, -0.1) is 0 Å². The number of nitrogens with one attached hydrogen (secondary N) is 1. The zero-order valence-electron chi connectivity index (χ0n) is 17.5. The van der Waals surface area contributed by atoms with E-state index in [9.17, 15) is 14.0 Å². The number of anilines is 1. The minimum atomic E-state index is -0.401. The van der Waals surface area contributed by atoms with Crippen LogP contribution < -0.4 is 10.1 Å². The summed E-state index contributed by atoms with van der Waals surface area (Å²) < 4.78 is 24.5. The Hall–Kier alpha value is -3.65. The molecule has 2 amide bonds. The maximum Gasteiger partial charge on any atom is 0.290 e. The van der Waals surface area contributed by atoms with Crippen LogP contribution in [0, 0.1) is 5.82 Å². The Morgan fingerprint density at radius 2 is 1.78 bits per heavy atom. The van der Waals surface area contributed by atoms with Gasteiger partial charge in [-0.25, -0.2) is 4.39 Å². The van der Waals surface area contributed by atoms with Crippen molar-refractivity contribution >= 4 is 17.5 Å². The van der Waals surface area contributed by atoms with Gasteiger partial charge in [-0.05, 0) is 36.4 Å². The van der Waals surface area contributed by atoms with E-state index >= 15 is 0 Å². The fraction of sp³-hybridized carbons (Fsp3) is 0.250. The first-order chi connectivity index (χ1) is 15.6. The van der Waals surface area contributed by atoms with E-state index in [1.165, 1.54) is 18.4 Å². The molecule has 32 heavy (non-hydrogen) atoms. The second-order valence-corrected chi connectivity index (χ2v) is 7.50. The van der Waals surface area contributed by atoms with Crippen molar-refractivity contribution in [2.45, 2.75) is 6.61 Å². The maximum absolute atomic E-state index is 13.3. The summed E-state index contributed by atoms with van der Waals surface area (Å²) in [5.41, 5.74) is 1.11. The van der Waals surface area contributed by atoms with E-state index in [0.29, 0.717) is 37.4 Å². The molecular weight excluding hydrogens is 413 g/mol. The Bertz CT molecular complexity index is 1060. The van der Waals surface area contributed by atoms with E-state index in [1.807, 2.05) is 35.2 Å². The van der Waals surface area contributed by atoms with Gasteiger partial charge in [-0.3, -0.25) is 14.5 Å². The molecule has 1 aliphatic rings. The number of carbonyl (C=O) groups is 2. The predicted octanol–water partition coefficient (Wildman–Crippen LogP) is 3.39. The smallest absolute Gasteiger partial charge is 0.290 e. The Morgan fingerprint density at radius 1 is 1.00 bits per heavy atom. The van der Waals surface area contributed by atoms with Gasteiger partial charge in [0.15, 0.2) is 5.76 Å². The van der Waals surface area contributed by atoms with Crippen LogP contribution in [0.15, 0.2) is 71.3 Å². The van der Waals surface area contributed by atoms with Crippen molar-refractivity contribution in [1.29, 1.82) is 0 Å². The van der Waals surface area contributed by atoms with E-state index in [-0.39, 0.29) is 30.7 Å². The molecule has 2 heterocycles. The fourth-order valence-corrected chi connectivity index (χ4v) is 3.54. The third kappa shape index (κ3) is 5.53. The van der Waals surface area contributed by atoms with Crippen LogP contribution in [0.3, 0.4) is 0 Å². The molecule has 0 bridgehead atoms. The summed E-state index contributed by atoms with van der Waals surface area (Å²) in [7, 11) is 0. The number of hydrogen-bond donors (Lipinski definition) is 1. The van der Waals surface area contributed by atoms with Crippen molar-refractivity contribution < 1.29 is 23.1 Å². The second kappa shape index (κ2) is 10.1. The monoisotopic (exact) mass is 437 g/mol. The lowest BCUT2D eigenvalue weighted by molar-refractivity contribution is -0.117. The molecule has 1 aliphatic heterocycles. The van der Waals surface area contributed by atoms with Gasteiger partial charge < -0.3 is 19.4 Å². The van der Waals surface area contributed by atoms with E-state index in [1.54, 1.807) is 23.1 Å². The quantitative estimate of drug-likeness (QED) is 0.613. The van der Waals surface area contributed by atoms with Gasteiger partial charge in [0.25, 0.3) is 5.91 Å². The highest BCUT2D eigenvalue weighted by molar-refractivity contribution is 5.93. The lowest BCUT2D eigenvalue weighted by atomic mass is 10.2. The molecule has 166 valence electrons. The molecule has 4 rings (SSSR count). The van der Waals surface area contributed by atoms with Crippen LogP contribution in [0.25, 0.3) is 0 Å². The number of para-hydroxylation sites is 1. The number of hydrogen-bond acceptors (Lipinski definition) is 5. The topological polar surface area (TPSA) is 75.0 Å². The molecule has 1 saturated heterocycles. The molecule has 1 N–H and O–H groups in total. The van der Waals surface area contributed by atoms with Crippen molar-refractivity contribution in [3.8, 4) is 5.75 Å². The van der Waals surface area contributed by atoms with Crippen LogP contribution in [0.1, 0.15) is 16.1 Å². The number of ether oxygens (including phenoxy) is 1. The van der Waals surface area contributed by atoms with Gasteiger partial charge in [0.1, 0.15) is 18.2 Å². The van der Waals surface area contributed by atoms with Gasteiger partial charge in [-0.2, -0.15) is 0 Å². The first kappa shape index (κ1) is 21.6. The van der Waals surface area contributed by atoms with Gasteiger partial charge in [0.2, 0.25) is 5.91 Å². The Balaban J connectivity index is 1.27. The number of amides is 2. The van der Waals surface area contributed by atoms with E-state index < -0.39 is 5.82 Å². The molecule has 1 aromatic heterocycles. The van der Waals surface area contributed by atoms with Crippen LogP contribution >= 0.6 is 0 Å². The van der Waals surface area contributed by atoms with Gasteiger partial charge in [0.05, 0.1) is 12.8 Å². The highest BCUT2D eigenvalue weighted by Gasteiger charge is 2.27. The number of piperazine rings is 1. The zero-order chi connectivity index (χ0) is 22.3. The number of furan rings is 1. The molecule has 0 saturated carbocycles. The summed E-state index contributed by atoms with van der Waals surface area (Å²) in [5, 5.41) is 2.69. The van der Waals surface area contributed by atoms with Crippen LogP contribution in [-0.4, -0.2) is 54.3 Å². The average Bonchev–Trinajstić information content (AvgIpc) is 3.27. The van der Waals surface area contributed by atoms with E-state index in [2.05, 4.69) is 5.32 Å². The number of halogens is 1. The number of rotatable bonds is 7. The molecule has 0 aliphatic carbocycles. The summed E-state index contributed by atoms with van der Waals surface area (Å²) in [4.78, 5) is 28.9. The van der Waals surface area contributed by atoms with Crippen molar-refractivity contribution in [2.75, 3.05) is 38.0 Å². The lowest BCUT2D eigenvalue weighted by Crippen LogP contribution is -2.50. The molecule has 2 aromatic carbocycles. The fourth-order valence-electron chi connectivity index (χ4n) is 3.54. The van der Waals surface area contributed by atoms with E-state index in [0.717, 1.165) is 5.75 Å². The molecule has 0 radical (unpaired) electrons. The van der Waals surface area contributed by atoms with Crippen molar-refractivity contribution in [2.24, 2.45) is 0 Å². The Morgan fingerprint density at radius 3 is 2.53 bits per heavy atom. The van der Waals surface area contributed by atoms with Crippen molar-refractivity contribution in [1.82, 2.24) is 9.80 Å². The SMILES string of the molecule is O=C(CN1CCN(C(=O)c2occc2COc2ccccc2)CC1)Nc1cccc(F)c1. The molecule has 1 fully saturated rings. The summed E-state index contributed by atoms with van der Waals surface area (Å²) >= 11 is 0. The van der Waals surface area contributed by atoms with Crippen molar-refractivity contribution in [3.63, 3.8) is 0 Å². The maximum atomic E-state index is 13.3. The van der Waals surface area contributed by atoms with Gasteiger partial charge in [0, 0.05) is 37.4 Å². The lowest BCUT2D eigenvalue weighted by Gasteiger charge is -2.34. The third-order valence-corrected chi connectivity index (χ3v) is 5.21. The summed E-state index contributed by atoms with van der Waals surface area (Å²) in [6, 6.07) is 16.9. The van der Waals surface area contributed by atoms with Crippen LogP contribution in [0.4, 0.5) is 10.1 Å². The highest BCUT2D eigenvalue weighted by Crippen LogP contribution is 2.18. The molecular formula is C24H24FN3O4. The molecule has 0 spiro atoms. The normalized spacial score (nSPS) is 14.2. The minimum Gasteiger partial charge on any atom is -0.489 e. The summed E-state index contributed by atoms with van der Waals surface area (Å²) in [6.07, 6.45) is 1.49. The average molecular weight is 437 g/mol. The van der Waals surface area contributed by atoms with Crippen LogP contribution in [-0.2, 0) is 11.4 Å². The number of nitrogens with zero attached hydrogens (tertiary/aromatic N) is 2. The highest BCUT2D eigenvalue weighted by atomic mass is 19.1. The van der Waals surface area contributed by atoms with Gasteiger partial charge in [-0.1, -0.05) is 24.3 Å².